The fourth-order valence-electron chi connectivity index (χ4n) is 2.67. The van der Waals surface area contributed by atoms with Crippen LogP contribution in [0.3, 0.4) is 0 Å². The smallest absolute Gasteiger partial charge is 0.228 e. The zero-order valence-electron chi connectivity index (χ0n) is 13.4. The highest BCUT2D eigenvalue weighted by atomic mass is 35.5. The van der Waals surface area contributed by atoms with E-state index < -0.39 is 0 Å². The maximum Gasteiger partial charge on any atom is 0.228 e. The molecule has 0 saturated heterocycles. The summed E-state index contributed by atoms with van der Waals surface area (Å²) >= 11 is 6.19. The first kappa shape index (κ1) is 15.9. The number of hydrogen-bond acceptors (Lipinski definition) is 3. The van der Waals surface area contributed by atoms with Crippen molar-refractivity contribution in [3.63, 3.8) is 0 Å². The van der Waals surface area contributed by atoms with Gasteiger partial charge in [0.15, 0.2) is 5.75 Å². The lowest BCUT2D eigenvalue weighted by atomic mass is 10.2. The number of para-hydroxylation sites is 1. The number of anilines is 1. The minimum absolute atomic E-state index is 0.00488. The average Bonchev–Trinajstić information content (AvgIpc) is 3.17. The SMILES string of the molecule is CC(C)Oc1c(Cl)cccc1NC(=O)[C@@H]1C[C@@H]1c1cnn(C)c1. The average molecular weight is 334 g/mol. The van der Waals surface area contributed by atoms with Gasteiger partial charge in [-0.05, 0) is 43.9 Å². The summed E-state index contributed by atoms with van der Waals surface area (Å²) in [5.74, 6) is 0.744. The third-order valence-electron chi connectivity index (χ3n) is 3.86. The number of nitrogens with zero attached hydrogens (tertiary/aromatic N) is 2. The molecular weight excluding hydrogens is 314 g/mol. The van der Waals surface area contributed by atoms with Gasteiger partial charge in [-0.15, -0.1) is 0 Å². The summed E-state index contributed by atoms with van der Waals surface area (Å²) in [5, 5.41) is 7.61. The largest absolute Gasteiger partial charge is 0.487 e. The van der Waals surface area contributed by atoms with Crippen molar-refractivity contribution in [3.8, 4) is 5.75 Å². The molecule has 1 N–H and O–H groups in total. The van der Waals surface area contributed by atoms with E-state index in [9.17, 15) is 4.79 Å². The van der Waals surface area contributed by atoms with Gasteiger partial charge in [0.05, 0.1) is 23.0 Å². The van der Waals surface area contributed by atoms with Gasteiger partial charge in [0.1, 0.15) is 0 Å². The summed E-state index contributed by atoms with van der Waals surface area (Å²) in [6.45, 7) is 3.85. The Morgan fingerprint density at radius 3 is 2.91 bits per heavy atom. The number of halogens is 1. The molecule has 1 aliphatic carbocycles. The predicted molar refractivity (Wildman–Crippen MR) is 89.9 cm³/mol. The lowest BCUT2D eigenvalue weighted by Crippen LogP contribution is -2.16. The third-order valence-corrected chi connectivity index (χ3v) is 4.16. The van der Waals surface area contributed by atoms with Crippen LogP contribution in [-0.4, -0.2) is 21.8 Å². The number of rotatable bonds is 5. The monoisotopic (exact) mass is 333 g/mol. The summed E-state index contributed by atoms with van der Waals surface area (Å²) in [6, 6.07) is 5.37. The van der Waals surface area contributed by atoms with Crippen molar-refractivity contribution in [2.24, 2.45) is 13.0 Å². The van der Waals surface area contributed by atoms with E-state index in [1.807, 2.05) is 39.4 Å². The topological polar surface area (TPSA) is 56.1 Å². The first-order valence-electron chi connectivity index (χ1n) is 7.70. The highest BCUT2D eigenvalue weighted by Gasteiger charge is 2.44. The Kier molecular flexibility index (Phi) is 4.31. The standard InChI is InChI=1S/C17H20ClN3O2/c1-10(2)23-16-14(18)5-4-6-15(16)20-17(22)13-7-12(13)11-8-19-21(3)9-11/h4-6,8-10,12-13H,7H2,1-3H3,(H,20,22)/t12-,13-/m1/s1. The molecule has 1 aromatic carbocycles. The minimum atomic E-state index is -0.0231. The van der Waals surface area contributed by atoms with Crippen LogP contribution in [0.1, 0.15) is 31.7 Å². The van der Waals surface area contributed by atoms with Crippen LogP contribution in [0.25, 0.3) is 0 Å². The quantitative estimate of drug-likeness (QED) is 0.909. The Bertz CT molecular complexity index is 726. The molecule has 23 heavy (non-hydrogen) atoms. The molecule has 0 spiro atoms. The minimum Gasteiger partial charge on any atom is -0.487 e. The lowest BCUT2D eigenvalue weighted by Gasteiger charge is -2.16. The van der Waals surface area contributed by atoms with E-state index in [2.05, 4.69) is 10.4 Å². The first-order valence-corrected chi connectivity index (χ1v) is 8.08. The van der Waals surface area contributed by atoms with Crippen LogP contribution in [0.15, 0.2) is 30.6 Å². The molecule has 122 valence electrons. The van der Waals surface area contributed by atoms with E-state index in [1.54, 1.807) is 16.8 Å². The van der Waals surface area contributed by atoms with Crippen LogP contribution in [0.4, 0.5) is 5.69 Å². The van der Waals surface area contributed by atoms with Crippen LogP contribution in [0.5, 0.6) is 5.75 Å². The van der Waals surface area contributed by atoms with Gasteiger partial charge in [-0.2, -0.15) is 5.10 Å². The van der Waals surface area contributed by atoms with Gasteiger partial charge >= 0.3 is 0 Å². The van der Waals surface area contributed by atoms with Crippen molar-refractivity contribution in [1.29, 1.82) is 0 Å². The zero-order valence-corrected chi connectivity index (χ0v) is 14.2. The molecular formula is C17H20ClN3O2. The summed E-state index contributed by atoms with van der Waals surface area (Å²) in [6.07, 6.45) is 4.61. The molecule has 0 aliphatic heterocycles. The molecule has 0 bridgehead atoms. The number of nitrogens with one attached hydrogen (secondary N) is 1. The molecule has 2 atom stereocenters. The molecule has 5 nitrogen and oxygen atoms in total. The molecule has 1 aromatic heterocycles. The van der Waals surface area contributed by atoms with Gasteiger partial charge in [0, 0.05) is 19.2 Å². The molecule has 0 unspecified atom stereocenters. The third kappa shape index (κ3) is 3.50. The zero-order chi connectivity index (χ0) is 16.6. The molecule has 1 aliphatic rings. The van der Waals surface area contributed by atoms with Gasteiger partial charge in [0.2, 0.25) is 5.91 Å². The number of benzene rings is 1. The lowest BCUT2D eigenvalue weighted by molar-refractivity contribution is -0.117. The van der Waals surface area contributed by atoms with Crippen molar-refractivity contribution in [2.75, 3.05) is 5.32 Å². The fourth-order valence-corrected chi connectivity index (χ4v) is 2.89. The van der Waals surface area contributed by atoms with Crippen LogP contribution in [0, 0.1) is 5.92 Å². The van der Waals surface area contributed by atoms with E-state index in [0.717, 1.165) is 12.0 Å². The van der Waals surface area contributed by atoms with E-state index in [1.165, 1.54) is 0 Å². The maximum absolute atomic E-state index is 12.5. The van der Waals surface area contributed by atoms with E-state index in [-0.39, 0.29) is 23.8 Å². The van der Waals surface area contributed by atoms with Crippen molar-refractivity contribution in [2.45, 2.75) is 32.3 Å². The van der Waals surface area contributed by atoms with E-state index in [4.69, 9.17) is 16.3 Å². The van der Waals surface area contributed by atoms with Gasteiger partial charge in [-0.1, -0.05) is 17.7 Å². The molecule has 3 rings (SSSR count). The number of amides is 1. The van der Waals surface area contributed by atoms with Crippen molar-refractivity contribution < 1.29 is 9.53 Å². The number of carbonyl (C=O) groups is 1. The van der Waals surface area contributed by atoms with E-state index >= 15 is 0 Å². The second-order valence-corrected chi connectivity index (χ2v) is 6.58. The molecule has 6 heteroatoms. The molecule has 1 amide bonds. The Morgan fingerprint density at radius 1 is 1.48 bits per heavy atom. The fraction of sp³-hybridized carbons (Fsp3) is 0.412. The number of hydrogen-bond donors (Lipinski definition) is 1. The predicted octanol–water partition coefficient (Wildman–Crippen LogP) is 3.60. The molecule has 1 fully saturated rings. The number of aromatic nitrogens is 2. The highest BCUT2D eigenvalue weighted by molar-refractivity contribution is 6.32. The second-order valence-electron chi connectivity index (χ2n) is 6.17. The summed E-state index contributed by atoms with van der Waals surface area (Å²) in [4.78, 5) is 12.5. The molecule has 0 radical (unpaired) electrons. The number of carbonyl (C=O) groups excluding carboxylic acids is 1. The van der Waals surface area contributed by atoms with Crippen LogP contribution in [-0.2, 0) is 11.8 Å². The molecule has 2 aromatic rings. The second kappa shape index (κ2) is 6.24. The Morgan fingerprint density at radius 2 is 2.26 bits per heavy atom. The summed E-state index contributed by atoms with van der Waals surface area (Å²) in [7, 11) is 1.88. The molecule has 1 heterocycles. The number of ether oxygens (including phenoxy) is 1. The Balaban J connectivity index is 1.71. The summed E-state index contributed by atoms with van der Waals surface area (Å²) < 4.78 is 7.49. The maximum atomic E-state index is 12.5. The van der Waals surface area contributed by atoms with Crippen molar-refractivity contribution in [1.82, 2.24) is 9.78 Å². The van der Waals surface area contributed by atoms with Gasteiger partial charge in [-0.3, -0.25) is 9.48 Å². The van der Waals surface area contributed by atoms with Crippen molar-refractivity contribution >= 4 is 23.2 Å². The van der Waals surface area contributed by atoms with Crippen LogP contribution < -0.4 is 10.1 Å². The van der Waals surface area contributed by atoms with Crippen LogP contribution >= 0.6 is 11.6 Å². The van der Waals surface area contributed by atoms with Crippen molar-refractivity contribution in [3.05, 3.63) is 41.2 Å². The first-order chi connectivity index (χ1) is 11.0. The van der Waals surface area contributed by atoms with Gasteiger partial charge < -0.3 is 10.1 Å². The van der Waals surface area contributed by atoms with Gasteiger partial charge in [-0.25, -0.2) is 0 Å². The number of aryl methyl sites for hydroxylation is 1. The molecule has 1 saturated carbocycles. The van der Waals surface area contributed by atoms with Gasteiger partial charge in [0.25, 0.3) is 0 Å². The summed E-state index contributed by atoms with van der Waals surface area (Å²) in [5.41, 5.74) is 1.73. The Hall–Kier alpha value is -2.01. The van der Waals surface area contributed by atoms with E-state index in [0.29, 0.717) is 16.5 Å². The highest BCUT2D eigenvalue weighted by Crippen LogP contribution is 2.48. The Labute approximate surface area is 140 Å². The normalized spacial score (nSPS) is 19.7. The van der Waals surface area contributed by atoms with Crippen LogP contribution in [0.2, 0.25) is 5.02 Å².